The Balaban J connectivity index is 2.02. The zero-order valence-electron chi connectivity index (χ0n) is 10.6. The van der Waals surface area contributed by atoms with E-state index < -0.39 is 0 Å². The summed E-state index contributed by atoms with van der Waals surface area (Å²) in [5.41, 5.74) is 0. The lowest BCUT2D eigenvalue weighted by atomic mass is 9.85. The van der Waals surface area contributed by atoms with Gasteiger partial charge in [0.1, 0.15) is 6.33 Å². The summed E-state index contributed by atoms with van der Waals surface area (Å²) < 4.78 is 10.9. The van der Waals surface area contributed by atoms with Crippen molar-refractivity contribution >= 4 is 11.6 Å². The van der Waals surface area contributed by atoms with Crippen LogP contribution >= 0.6 is 11.6 Å². The fourth-order valence-corrected chi connectivity index (χ4v) is 2.24. The zero-order chi connectivity index (χ0) is 13.0. The number of aromatic nitrogens is 2. The molecule has 0 saturated heterocycles. The molecular weight excluding hydrogens is 252 g/mol. The third-order valence-corrected chi connectivity index (χ3v) is 3.55. The molecule has 1 aromatic heterocycles. The number of halogens is 1. The molecule has 0 aliphatic heterocycles. The van der Waals surface area contributed by atoms with Gasteiger partial charge in [0.05, 0.1) is 13.7 Å². The molecule has 2 rings (SSSR count). The highest BCUT2D eigenvalue weighted by molar-refractivity contribution is 6.31. The highest BCUT2D eigenvalue weighted by Crippen LogP contribution is 2.32. The van der Waals surface area contributed by atoms with Gasteiger partial charge < -0.3 is 9.47 Å². The number of rotatable bonds is 4. The third kappa shape index (κ3) is 2.93. The van der Waals surface area contributed by atoms with Crippen molar-refractivity contribution in [3.05, 3.63) is 23.6 Å². The van der Waals surface area contributed by atoms with Crippen LogP contribution in [0.15, 0.2) is 18.5 Å². The Morgan fingerprint density at radius 3 is 2.83 bits per heavy atom. The Hall–Kier alpha value is -1.29. The molecule has 1 aliphatic rings. The zero-order valence-corrected chi connectivity index (χ0v) is 11.4. The van der Waals surface area contributed by atoms with E-state index in [2.05, 4.69) is 29.0 Å². The molecule has 0 N–H and O–H groups in total. The molecule has 0 spiro atoms. The number of methoxy groups -OCH3 is 1. The van der Waals surface area contributed by atoms with E-state index in [0.717, 1.165) is 12.8 Å². The summed E-state index contributed by atoms with van der Waals surface area (Å²) in [4.78, 5) is 7.92. The van der Waals surface area contributed by atoms with Gasteiger partial charge in [0.25, 0.3) is 5.88 Å². The smallest absolute Gasteiger partial charge is 0.261 e. The number of nitrogens with zero attached hydrogens (tertiary/aromatic N) is 2. The first-order valence-corrected chi connectivity index (χ1v) is 6.42. The van der Waals surface area contributed by atoms with E-state index in [4.69, 9.17) is 21.1 Å². The maximum atomic E-state index is 5.91. The molecule has 0 amide bonds. The molecule has 0 fully saturated rings. The highest BCUT2D eigenvalue weighted by Gasteiger charge is 2.20. The van der Waals surface area contributed by atoms with Crippen LogP contribution < -0.4 is 9.47 Å². The number of hydrogen-bond acceptors (Lipinski definition) is 4. The van der Waals surface area contributed by atoms with E-state index >= 15 is 0 Å². The van der Waals surface area contributed by atoms with Crippen molar-refractivity contribution in [3.63, 3.8) is 0 Å². The van der Waals surface area contributed by atoms with Gasteiger partial charge in [0.2, 0.25) is 5.75 Å². The van der Waals surface area contributed by atoms with E-state index in [9.17, 15) is 0 Å². The van der Waals surface area contributed by atoms with Gasteiger partial charge in [-0.15, -0.1) is 0 Å². The molecule has 0 radical (unpaired) electrons. The first-order chi connectivity index (χ1) is 8.72. The van der Waals surface area contributed by atoms with Crippen LogP contribution in [0.5, 0.6) is 11.6 Å². The predicted octanol–water partition coefficient (Wildman–Crippen LogP) is 3.12. The summed E-state index contributed by atoms with van der Waals surface area (Å²) in [6, 6.07) is 0. The maximum Gasteiger partial charge on any atom is 0.261 e. The SMILES string of the molecule is COc1c(Cl)ncnc1OCC1CC=CCC1C. The topological polar surface area (TPSA) is 44.2 Å². The van der Waals surface area contributed by atoms with E-state index in [1.165, 1.54) is 13.4 Å². The summed E-state index contributed by atoms with van der Waals surface area (Å²) in [7, 11) is 1.53. The molecule has 4 nitrogen and oxygen atoms in total. The lowest BCUT2D eigenvalue weighted by Crippen LogP contribution is -2.21. The van der Waals surface area contributed by atoms with E-state index in [1.54, 1.807) is 0 Å². The minimum absolute atomic E-state index is 0.277. The Bertz CT molecular complexity index is 437. The van der Waals surface area contributed by atoms with E-state index in [1.807, 2.05) is 0 Å². The second kappa shape index (κ2) is 6.05. The summed E-state index contributed by atoms with van der Waals surface area (Å²) in [5.74, 6) is 1.95. The fourth-order valence-electron chi connectivity index (χ4n) is 2.04. The second-order valence-electron chi connectivity index (χ2n) is 4.49. The molecule has 0 saturated carbocycles. The predicted molar refractivity (Wildman–Crippen MR) is 70.1 cm³/mol. The standard InChI is InChI=1S/C13H17ClN2O2/c1-9-5-3-4-6-10(9)7-18-13-11(17-2)12(14)15-8-16-13/h3-4,8-10H,5-7H2,1-2H3. The Kier molecular flexibility index (Phi) is 4.42. The van der Waals surface area contributed by atoms with Crippen LogP contribution in [0, 0.1) is 11.8 Å². The van der Waals surface area contributed by atoms with Crippen LogP contribution in [0.4, 0.5) is 0 Å². The minimum Gasteiger partial charge on any atom is -0.489 e. The van der Waals surface area contributed by atoms with E-state index in [0.29, 0.717) is 30.1 Å². The molecule has 0 bridgehead atoms. The summed E-state index contributed by atoms with van der Waals surface area (Å²) >= 11 is 5.91. The normalized spacial score (nSPS) is 22.8. The molecule has 98 valence electrons. The Labute approximate surface area is 112 Å². The summed E-state index contributed by atoms with van der Waals surface area (Å²) in [6.45, 7) is 2.86. The van der Waals surface area contributed by atoms with Gasteiger partial charge in [-0.1, -0.05) is 30.7 Å². The first-order valence-electron chi connectivity index (χ1n) is 6.04. The molecule has 1 aromatic rings. The molecule has 5 heteroatoms. The molecule has 2 unspecified atom stereocenters. The molecule has 1 aliphatic carbocycles. The number of ether oxygens (including phenoxy) is 2. The quantitative estimate of drug-likeness (QED) is 0.622. The van der Waals surface area contributed by atoms with Crippen molar-refractivity contribution in [2.45, 2.75) is 19.8 Å². The van der Waals surface area contributed by atoms with Crippen molar-refractivity contribution in [1.82, 2.24) is 9.97 Å². The van der Waals surface area contributed by atoms with Crippen LogP contribution in [-0.4, -0.2) is 23.7 Å². The van der Waals surface area contributed by atoms with Gasteiger partial charge in [0, 0.05) is 0 Å². The Morgan fingerprint density at radius 2 is 2.11 bits per heavy atom. The van der Waals surface area contributed by atoms with Gasteiger partial charge in [-0.2, -0.15) is 4.98 Å². The molecule has 0 aromatic carbocycles. The molecule has 18 heavy (non-hydrogen) atoms. The van der Waals surface area contributed by atoms with Gasteiger partial charge in [0.15, 0.2) is 5.15 Å². The molecule has 2 atom stereocenters. The first kappa shape index (κ1) is 13.1. The van der Waals surface area contributed by atoms with Crippen molar-refractivity contribution in [1.29, 1.82) is 0 Å². The van der Waals surface area contributed by atoms with Crippen LogP contribution in [0.25, 0.3) is 0 Å². The second-order valence-corrected chi connectivity index (χ2v) is 4.85. The molecular formula is C13H17ClN2O2. The van der Waals surface area contributed by atoms with Crippen molar-refractivity contribution in [2.24, 2.45) is 11.8 Å². The number of hydrogen-bond donors (Lipinski definition) is 0. The lowest BCUT2D eigenvalue weighted by molar-refractivity contribution is 0.186. The van der Waals surface area contributed by atoms with Crippen LogP contribution in [0.2, 0.25) is 5.15 Å². The Morgan fingerprint density at radius 1 is 1.33 bits per heavy atom. The minimum atomic E-state index is 0.277. The van der Waals surface area contributed by atoms with E-state index in [-0.39, 0.29) is 5.15 Å². The third-order valence-electron chi connectivity index (χ3n) is 3.28. The van der Waals surface area contributed by atoms with Crippen LogP contribution in [0.3, 0.4) is 0 Å². The average Bonchev–Trinajstić information content (AvgIpc) is 2.38. The monoisotopic (exact) mass is 268 g/mol. The summed E-state index contributed by atoms with van der Waals surface area (Å²) in [6.07, 6.45) is 7.96. The van der Waals surface area contributed by atoms with Crippen molar-refractivity contribution < 1.29 is 9.47 Å². The van der Waals surface area contributed by atoms with Gasteiger partial charge >= 0.3 is 0 Å². The van der Waals surface area contributed by atoms with Crippen molar-refractivity contribution in [2.75, 3.05) is 13.7 Å². The van der Waals surface area contributed by atoms with Gasteiger partial charge in [-0.25, -0.2) is 4.98 Å². The van der Waals surface area contributed by atoms with Crippen LogP contribution in [0.1, 0.15) is 19.8 Å². The van der Waals surface area contributed by atoms with Gasteiger partial charge in [-0.05, 0) is 24.7 Å². The van der Waals surface area contributed by atoms with Crippen molar-refractivity contribution in [3.8, 4) is 11.6 Å². The summed E-state index contributed by atoms with van der Waals surface area (Å²) in [5, 5.41) is 0.277. The highest BCUT2D eigenvalue weighted by atomic mass is 35.5. The maximum absolute atomic E-state index is 5.91. The average molecular weight is 269 g/mol. The lowest BCUT2D eigenvalue weighted by Gasteiger charge is -2.25. The van der Waals surface area contributed by atoms with Gasteiger partial charge in [-0.3, -0.25) is 0 Å². The van der Waals surface area contributed by atoms with Crippen LogP contribution in [-0.2, 0) is 0 Å². The molecule has 1 heterocycles. The largest absolute Gasteiger partial charge is 0.489 e. The fraction of sp³-hybridized carbons (Fsp3) is 0.538. The number of allylic oxidation sites excluding steroid dienone is 2.